The molecule has 1 heterocycles. The maximum Gasteiger partial charge on any atom is 0.251 e. The highest BCUT2D eigenvalue weighted by Gasteiger charge is 2.10. The minimum atomic E-state index is 0.0173. The molecule has 0 unspecified atom stereocenters. The zero-order chi connectivity index (χ0) is 15.8. The van der Waals surface area contributed by atoms with Crippen molar-refractivity contribution >= 4 is 5.91 Å². The first-order valence-corrected chi connectivity index (χ1v) is 8.32. The molecule has 1 amide bonds. The van der Waals surface area contributed by atoms with E-state index in [0.29, 0.717) is 12.5 Å². The van der Waals surface area contributed by atoms with Gasteiger partial charge in [0, 0.05) is 31.7 Å². The zero-order valence-corrected chi connectivity index (χ0v) is 13.8. The summed E-state index contributed by atoms with van der Waals surface area (Å²) in [6.45, 7) is 9.56. The summed E-state index contributed by atoms with van der Waals surface area (Å²) in [5, 5.41) is 2.99. The molecular formula is C18H28N2O2. The number of amides is 1. The summed E-state index contributed by atoms with van der Waals surface area (Å²) in [6, 6.07) is 8.00. The van der Waals surface area contributed by atoms with Crippen LogP contribution >= 0.6 is 0 Å². The van der Waals surface area contributed by atoms with Crippen LogP contribution in [0.25, 0.3) is 0 Å². The van der Waals surface area contributed by atoms with E-state index in [1.54, 1.807) is 0 Å². The number of benzene rings is 1. The Hall–Kier alpha value is -1.39. The first-order chi connectivity index (χ1) is 10.6. The Labute approximate surface area is 133 Å². The van der Waals surface area contributed by atoms with Crippen LogP contribution < -0.4 is 5.32 Å². The van der Waals surface area contributed by atoms with Gasteiger partial charge in [-0.05, 0) is 36.5 Å². The van der Waals surface area contributed by atoms with Gasteiger partial charge < -0.3 is 10.1 Å². The van der Waals surface area contributed by atoms with E-state index in [1.807, 2.05) is 12.1 Å². The quantitative estimate of drug-likeness (QED) is 0.840. The van der Waals surface area contributed by atoms with Gasteiger partial charge >= 0.3 is 0 Å². The molecule has 0 aromatic heterocycles. The second-order valence-electron chi connectivity index (χ2n) is 6.34. The second kappa shape index (κ2) is 8.91. The Morgan fingerprint density at radius 2 is 1.91 bits per heavy atom. The Bertz CT molecular complexity index is 451. The average Bonchev–Trinajstić information content (AvgIpc) is 2.54. The Morgan fingerprint density at radius 3 is 2.55 bits per heavy atom. The molecule has 122 valence electrons. The van der Waals surface area contributed by atoms with Crippen LogP contribution in [-0.4, -0.2) is 50.2 Å². The molecule has 0 atom stereocenters. The van der Waals surface area contributed by atoms with Crippen LogP contribution in [0.15, 0.2) is 24.3 Å². The maximum atomic E-state index is 12.1. The fourth-order valence-corrected chi connectivity index (χ4v) is 2.53. The van der Waals surface area contributed by atoms with Crippen LogP contribution in [0.4, 0.5) is 0 Å². The van der Waals surface area contributed by atoms with Gasteiger partial charge in [-0.1, -0.05) is 26.0 Å². The van der Waals surface area contributed by atoms with Crippen LogP contribution in [0.2, 0.25) is 0 Å². The van der Waals surface area contributed by atoms with Crippen molar-refractivity contribution in [2.45, 2.75) is 26.7 Å². The lowest BCUT2D eigenvalue weighted by Crippen LogP contribution is -2.41. The van der Waals surface area contributed by atoms with E-state index in [1.165, 1.54) is 12.0 Å². The SMILES string of the molecule is CC(C)CCc1ccc(C(=O)NCCN2CCOCC2)cc1. The number of hydrogen-bond donors (Lipinski definition) is 1. The summed E-state index contributed by atoms with van der Waals surface area (Å²) in [7, 11) is 0. The van der Waals surface area contributed by atoms with Crippen molar-refractivity contribution in [3.63, 3.8) is 0 Å². The molecule has 1 aliphatic heterocycles. The third kappa shape index (κ3) is 5.78. The van der Waals surface area contributed by atoms with E-state index < -0.39 is 0 Å². The molecule has 1 aliphatic rings. The monoisotopic (exact) mass is 304 g/mol. The molecule has 1 aromatic rings. The Morgan fingerprint density at radius 1 is 1.23 bits per heavy atom. The summed E-state index contributed by atoms with van der Waals surface area (Å²) >= 11 is 0. The summed E-state index contributed by atoms with van der Waals surface area (Å²) in [6.07, 6.45) is 2.27. The highest BCUT2D eigenvalue weighted by atomic mass is 16.5. The average molecular weight is 304 g/mol. The van der Waals surface area contributed by atoms with Crippen molar-refractivity contribution in [1.29, 1.82) is 0 Å². The van der Waals surface area contributed by atoms with Gasteiger partial charge in [0.2, 0.25) is 0 Å². The number of rotatable bonds is 7. The lowest BCUT2D eigenvalue weighted by Gasteiger charge is -2.26. The van der Waals surface area contributed by atoms with Gasteiger partial charge in [0.25, 0.3) is 5.91 Å². The molecule has 1 saturated heterocycles. The van der Waals surface area contributed by atoms with Gasteiger partial charge in [-0.3, -0.25) is 9.69 Å². The molecular weight excluding hydrogens is 276 g/mol. The third-order valence-corrected chi connectivity index (χ3v) is 4.04. The molecule has 0 bridgehead atoms. The minimum absolute atomic E-state index is 0.0173. The number of nitrogens with one attached hydrogen (secondary N) is 1. The molecule has 4 nitrogen and oxygen atoms in total. The van der Waals surface area contributed by atoms with Crippen LogP contribution in [0.1, 0.15) is 36.2 Å². The van der Waals surface area contributed by atoms with Crippen molar-refractivity contribution in [2.75, 3.05) is 39.4 Å². The van der Waals surface area contributed by atoms with Gasteiger partial charge in [-0.25, -0.2) is 0 Å². The molecule has 1 aromatic carbocycles. The molecule has 22 heavy (non-hydrogen) atoms. The number of hydrogen-bond acceptors (Lipinski definition) is 3. The predicted octanol–water partition coefficient (Wildman–Crippen LogP) is 2.34. The van der Waals surface area contributed by atoms with Crippen LogP contribution in [0.3, 0.4) is 0 Å². The van der Waals surface area contributed by atoms with Crippen LogP contribution in [0.5, 0.6) is 0 Å². The number of aryl methyl sites for hydroxylation is 1. The summed E-state index contributed by atoms with van der Waals surface area (Å²) < 4.78 is 5.31. The number of ether oxygens (including phenoxy) is 1. The number of carbonyl (C=O) groups excluding carboxylic acids is 1. The number of carbonyl (C=O) groups is 1. The van der Waals surface area contributed by atoms with E-state index in [4.69, 9.17) is 4.74 Å². The molecule has 0 spiro atoms. The first kappa shape index (κ1) is 17.0. The highest BCUT2D eigenvalue weighted by Crippen LogP contribution is 2.10. The molecule has 1 N–H and O–H groups in total. The lowest BCUT2D eigenvalue weighted by atomic mass is 10.0. The van der Waals surface area contributed by atoms with Crippen molar-refractivity contribution < 1.29 is 9.53 Å². The van der Waals surface area contributed by atoms with Gasteiger partial charge in [0.05, 0.1) is 13.2 Å². The zero-order valence-electron chi connectivity index (χ0n) is 13.8. The summed E-state index contributed by atoms with van der Waals surface area (Å²) in [5.74, 6) is 0.729. The van der Waals surface area contributed by atoms with Gasteiger partial charge in [-0.15, -0.1) is 0 Å². The smallest absolute Gasteiger partial charge is 0.251 e. The molecule has 2 rings (SSSR count). The largest absolute Gasteiger partial charge is 0.379 e. The first-order valence-electron chi connectivity index (χ1n) is 8.32. The Balaban J connectivity index is 1.72. The van der Waals surface area contributed by atoms with Gasteiger partial charge in [0.1, 0.15) is 0 Å². The molecule has 0 radical (unpaired) electrons. The topological polar surface area (TPSA) is 41.6 Å². The number of nitrogens with zero attached hydrogens (tertiary/aromatic N) is 1. The van der Waals surface area contributed by atoms with Gasteiger partial charge in [-0.2, -0.15) is 0 Å². The van der Waals surface area contributed by atoms with Crippen LogP contribution in [0, 0.1) is 5.92 Å². The summed E-state index contributed by atoms with van der Waals surface area (Å²) in [4.78, 5) is 14.4. The fourth-order valence-electron chi connectivity index (χ4n) is 2.53. The van der Waals surface area contributed by atoms with E-state index in [9.17, 15) is 4.79 Å². The Kier molecular flexibility index (Phi) is 6.87. The van der Waals surface area contributed by atoms with Crippen molar-refractivity contribution in [2.24, 2.45) is 5.92 Å². The summed E-state index contributed by atoms with van der Waals surface area (Å²) in [5.41, 5.74) is 2.05. The van der Waals surface area contributed by atoms with Crippen molar-refractivity contribution in [3.8, 4) is 0 Å². The maximum absolute atomic E-state index is 12.1. The van der Waals surface area contributed by atoms with E-state index >= 15 is 0 Å². The fraction of sp³-hybridized carbons (Fsp3) is 0.611. The van der Waals surface area contributed by atoms with E-state index in [0.717, 1.165) is 44.8 Å². The van der Waals surface area contributed by atoms with Crippen molar-refractivity contribution in [3.05, 3.63) is 35.4 Å². The molecule has 4 heteroatoms. The molecule has 0 aliphatic carbocycles. The van der Waals surface area contributed by atoms with E-state index in [-0.39, 0.29) is 5.91 Å². The highest BCUT2D eigenvalue weighted by molar-refractivity contribution is 5.94. The van der Waals surface area contributed by atoms with E-state index in [2.05, 4.69) is 36.2 Å². The predicted molar refractivity (Wildman–Crippen MR) is 89.2 cm³/mol. The number of morpholine rings is 1. The lowest BCUT2D eigenvalue weighted by molar-refractivity contribution is 0.0383. The van der Waals surface area contributed by atoms with Crippen molar-refractivity contribution in [1.82, 2.24) is 10.2 Å². The van der Waals surface area contributed by atoms with Crippen LogP contribution in [-0.2, 0) is 11.2 Å². The molecule has 1 fully saturated rings. The normalized spacial score (nSPS) is 16.0. The second-order valence-corrected chi connectivity index (χ2v) is 6.34. The minimum Gasteiger partial charge on any atom is -0.379 e. The standard InChI is InChI=1S/C18H28N2O2/c1-15(2)3-4-16-5-7-17(8-6-16)18(21)19-9-10-20-11-13-22-14-12-20/h5-8,15H,3-4,9-14H2,1-2H3,(H,19,21). The van der Waals surface area contributed by atoms with Gasteiger partial charge in [0.15, 0.2) is 0 Å². The third-order valence-electron chi connectivity index (χ3n) is 4.04. The molecule has 0 saturated carbocycles.